The maximum absolute atomic E-state index is 10.00. The van der Waals surface area contributed by atoms with Crippen LogP contribution in [-0.4, -0.2) is 55.9 Å². The SMILES string of the molecule is CC(C)CC(CN(C)C)NCC(O)COCc1cccs1. The Bertz CT molecular complexity index is 345. The van der Waals surface area contributed by atoms with Gasteiger partial charge in [0.05, 0.1) is 19.3 Å². The Balaban J connectivity index is 2.20. The normalized spacial score (nSPS) is 14.8. The minimum absolute atomic E-state index is 0.376. The average Bonchev–Trinajstić information content (AvgIpc) is 2.88. The van der Waals surface area contributed by atoms with E-state index in [1.807, 2.05) is 17.5 Å². The van der Waals surface area contributed by atoms with Crippen LogP contribution in [0, 0.1) is 5.92 Å². The van der Waals surface area contributed by atoms with Crippen LogP contribution in [0.15, 0.2) is 17.5 Å². The zero-order valence-electron chi connectivity index (χ0n) is 13.7. The molecular weight excluding hydrogens is 284 g/mol. The molecule has 0 aliphatic carbocycles. The van der Waals surface area contributed by atoms with E-state index in [1.165, 1.54) is 4.88 Å². The lowest BCUT2D eigenvalue weighted by Gasteiger charge is -2.25. The van der Waals surface area contributed by atoms with Crippen LogP contribution in [0.2, 0.25) is 0 Å². The van der Waals surface area contributed by atoms with Crippen LogP contribution in [0.3, 0.4) is 0 Å². The lowest BCUT2D eigenvalue weighted by atomic mass is 10.0. The Hall–Kier alpha value is -0.460. The van der Waals surface area contributed by atoms with Crippen LogP contribution >= 0.6 is 11.3 Å². The van der Waals surface area contributed by atoms with E-state index in [2.05, 4.69) is 38.2 Å². The summed E-state index contributed by atoms with van der Waals surface area (Å²) in [4.78, 5) is 3.38. The van der Waals surface area contributed by atoms with Crippen LogP contribution < -0.4 is 5.32 Å². The van der Waals surface area contributed by atoms with Crippen molar-refractivity contribution in [1.29, 1.82) is 0 Å². The van der Waals surface area contributed by atoms with Crippen LogP contribution in [0.4, 0.5) is 0 Å². The van der Waals surface area contributed by atoms with Gasteiger partial charge in [-0.1, -0.05) is 19.9 Å². The zero-order valence-corrected chi connectivity index (χ0v) is 14.5. The predicted molar refractivity (Wildman–Crippen MR) is 89.8 cm³/mol. The van der Waals surface area contributed by atoms with E-state index >= 15 is 0 Å². The summed E-state index contributed by atoms with van der Waals surface area (Å²) in [7, 11) is 4.16. The first-order chi connectivity index (χ1) is 9.97. The smallest absolute Gasteiger partial charge is 0.0897 e. The van der Waals surface area contributed by atoms with Gasteiger partial charge >= 0.3 is 0 Å². The number of hydrogen-bond acceptors (Lipinski definition) is 5. The Kier molecular flexibility index (Phi) is 9.11. The number of aliphatic hydroxyl groups is 1. The summed E-state index contributed by atoms with van der Waals surface area (Å²) in [5, 5.41) is 15.5. The summed E-state index contributed by atoms with van der Waals surface area (Å²) in [5.41, 5.74) is 0. The minimum Gasteiger partial charge on any atom is -0.389 e. The third-order valence-electron chi connectivity index (χ3n) is 3.12. The molecule has 1 heterocycles. The van der Waals surface area contributed by atoms with Crippen molar-refractivity contribution in [2.75, 3.05) is 33.8 Å². The van der Waals surface area contributed by atoms with E-state index in [4.69, 9.17) is 4.74 Å². The predicted octanol–water partition coefficient (Wildman–Crippen LogP) is 2.19. The molecule has 0 bridgehead atoms. The number of ether oxygens (including phenoxy) is 1. The molecule has 1 aromatic heterocycles. The Morgan fingerprint density at radius 1 is 1.38 bits per heavy atom. The van der Waals surface area contributed by atoms with Gasteiger partial charge in [-0.15, -0.1) is 11.3 Å². The molecule has 122 valence electrons. The lowest BCUT2D eigenvalue weighted by Crippen LogP contribution is -2.43. The molecule has 0 spiro atoms. The fourth-order valence-corrected chi connectivity index (χ4v) is 2.92. The van der Waals surface area contributed by atoms with E-state index in [9.17, 15) is 5.11 Å². The highest BCUT2D eigenvalue weighted by molar-refractivity contribution is 7.09. The highest BCUT2D eigenvalue weighted by Crippen LogP contribution is 2.10. The molecule has 1 rings (SSSR count). The van der Waals surface area contributed by atoms with Crippen molar-refractivity contribution < 1.29 is 9.84 Å². The standard InChI is InChI=1S/C16H30N2O2S/c1-13(2)8-14(10-18(3)4)17-9-15(19)11-20-12-16-6-5-7-21-16/h5-7,13-15,17,19H,8-12H2,1-4H3. The molecule has 0 radical (unpaired) electrons. The van der Waals surface area contributed by atoms with Crippen LogP contribution in [0.5, 0.6) is 0 Å². The molecular formula is C16H30N2O2S. The number of hydrogen-bond donors (Lipinski definition) is 2. The summed E-state index contributed by atoms with van der Waals surface area (Å²) in [6, 6.07) is 4.47. The van der Waals surface area contributed by atoms with E-state index in [-0.39, 0.29) is 0 Å². The van der Waals surface area contributed by atoms with E-state index in [0.29, 0.717) is 31.7 Å². The number of likely N-dealkylation sites (N-methyl/N-ethyl adjacent to an activating group) is 1. The van der Waals surface area contributed by atoms with Crippen molar-refractivity contribution in [2.24, 2.45) is 5.92 Å². The number of thiophene rings is 1. The third kappa shape index (κ3) is 9.22. The fraction of sp³-hybridized carbons (Fsp3) is 0.750. The quantitative estimate of drug-likeness (QED) is 0.657. The molecule has 5 heteroatoms. The van der Waals surface area contributed by atoms with Gasteiger partial charge in [0.1, 0.15) is 0 Å². The van der Waals surface area contributed by atoms with Gasteiger partial charge in [0.15, 0.2) is 0 Å². The molecule has 0 saturated heterocycles. The Morgan fingerprint density at radius 3 is 2.71 bits per heavy atom. The van der Waals surface area contributed by atoms with Gasteiger partial charge < -0.3 is 20.1 Å². The van der Waals surface area contributed by atoms with Gasteiger partial charge in [0.25, 0.3) is 0 Å². The molecule has 21 heavy (non-hydrogen) atoms. The molecule has 0 aromatic carbocycles. The van der Waals surface area contributed by atoms with Gasteiger partial charge in [-0.3, -0.25) is 0 Å². The van der Waals surface area contributed by atoms with Gasteiger partial charge in [0.2, 0.25) is 0 Å². The second kappa shape index (κ2) is 10.3. The summed E-state index contributed by atoms with van der Waals surface area (Å²) < 4.78 is 5.54. The van der Waals surface area contributed by atoms with E-state index < -0.39 is 6.10 Å². The largest absolute Gasteiger partial charge is 0.389 e. The molecule has 2 atom stereocenters. The van der Waals surface area contributed by atoms with Crippen molar-refractivity contribution in [2.45, 2.75) is 39.0 Å². The van der Waals surface area contributed by atoms with Crippen molar-refractivity contribution in [3.8, 4) is 0 Å². The number of nitrogens with one attached hydrogen (secondary N) is 1. The maximum Gasteiger partial charge on any atom is 0.0897 e. The first kappa shape index (κ1) is 18.6. The number of rotatable bonds is 11. The van der Waals surface area contributed by atoms with E-state index in [1.54, 1.807) is 11.3 Å². The van der Waals surface area contributed by atoms with Crippen molar-refractivity contribution in [3.05, 3.63) is 22.4 Å². The highest BCUT2D eigenvalue weighted by Gasteiger charge is 2.13. The van der Waals surface area contributed by atoms with Crippen molar-refractivity contribution in [3.63, 3.8) is 0 Å². The number of nitrogens with zero attached hydrogens (tertiary/aromatic N) is 1. The molecule has 0 aliphatic rings. The summed E-state index contributed by atoms with van der Waals surface area (Å²) in [6.45, 7) is 6.98. The van der Waals surface area contributed by atoms with Gasteiger partial charge in [-0.25, -0.2) is 0 Å². The van der Waals surface area contributed by atoms with Gasteiger partial charge in [-0.05, 0) is 37.9 Å². The molecule has 0 aliphatic heterocycles. The Labute approximate surface area is 133 Å². The summed E-state index contributed by atoms with van der Waals surface area (Å²) >= 11 is 1.68. The summed E-state index contributed by atoms with van der Waals surface area (Å²) in [6.07, 6.45) is 0.655. The average molecular weight is 314 g/mol. The molecule has 0 saturated carbocycles. The van der Waals surface area contributed by atoms with E-state index in [0.717, 1.165) is 13.0 Å². The first-order valence-electron chi connectivity index (χ1n) is 7.63. The second-order valence-corrected chi connectivity index (χ2v) is 7.28. The van der Waals surface area contributed by atoms with Crippen LogP contribution in [0.25, 0.3) is 0 Å². The molecule has 0 fully saturated rings. The topological polar surface area (TPSA) is 44.7 Å². The van der Waals surface area contributed by atoms with Crippen LogP contribution in [-0.2, 0) is 11.3 Å². The zero-order chi connectivity index (χ0) is 15.7. The fourth-order valence-electron chi connectivity index (χ4n) is 2.28. The molecule has 4 nitrogen and oxygen atoms in total. The third-order valence-corrected chi connectivity index (χ3v) is 3.97. The molecule has 1 aromatic rings. The van der Waals surface area contributed by atoms with Gasteiger partial charge in [-0.2, -0.15) is 0 Å². The number of aliphatic hydroxyl groups excluding tert-OH is 1. The lowest BCUT2D eigenvalue weighted by molar-refractivity contribution is 0.0278. The first-order valence-corrected chi connectivity index (χ1v) is 8.51. The molecule has 0 amide bonds. The van der Waals surface area contributed by atoms with Gasteiger partial charge in [0, 0.05) is 24.0 Å². The minimum atomic E-state index is -0.457. The van der Waals surface area contributed by atoms with Crippen LogP contribution in [0.1, 0.15) is 25.1 Å². The van der Waals surface area contributed by atoms with Crippen molar-refractivity contribution >= 4 is 11.3 Å². The molecule has 2 N–H and O–H groups in total. The maximum atomic E-state index is 10.00. The highest BCUT2D eigenvalue weighted by atomic mass is 32.1. The monoisotopic (exact) mass is 314 g/mol. The summed E-state index contributed by atoms with van der Waals surface area (Å²) in [5.74, 6) is 0.648. The molecule has 2 unspecified atom stereocenters. The Morgan fingerprint density at radius 2 is 2.14 bits per heavy atom. The second-order valence-electron chi connectivity index (χ2n) is 6.25. The van der Waals surface area contributed by atoms with Crippen molar-refractivity contribution in [1.82, 2.24) is 10.2 Å².